The van der Waals surface area contributed by atoms with Gasteiger partial charge < -0.3 is 20.6 Å². The number of aliphatic hydroxyl groups excluding tert-OH is 1. The van der Waals surface area contributed by atoms with Crippen molar-refractivity contribution in [3.8, 4) is 11.1 Å². The van der Waals surface area contributed by atoms with Gasteiger partial charge >= 0.3 is 0 Å². The third-order valence-electron chi connectivity index (χ3n) is 6.30. The molecular weight excluding hydrogens is 480 g/mol. The molecule has 1 aromatic heterocycles. The Labute approximate surface area is 216 Å². The highest BCUT2D eigenvalue weighted by atomic mass is 35.5. The van der Waals surface area contributed by atoms with Crippen molar-refractivity contribution in [1.82, 2.24) is 20.5 Å². The quantitative estimate of drug-likeness (QED) is 0.282. The molecule has 1 aliphatic rings. The zero-order valence-electron chi connectivity index (χ0n) is 20.7. The summed E-state index contributed by atoms with van der Waals surface area (Å²) in [5, 5.41) is 19.7. The largest absolute Gasteiger partial charge is 0.394 e. The van der Waals surface area contributed by atoms with E-state index in [9.17, 15) is 14.7 Å². The molecule has 2 aromatic rings. The molecule has 36 heavy (non-hydrogen) atoms. The van der Waals surface area contributed by atoms with Gasteiger partial charge in [-0.1, -0.05) is 49.7 Å². The number of nitrogens with one attached hydrogen (secondary N) is 3. The van der Waals surface area contributed by atoms with Gasteiger partial charge in [-0.2, -0.15) is 5.11 Å². The summed E-state index contributed by atoms with van der Waals surface area (Å²) in [6.07, 6.45) is 4.44. The number of pyridine rings is 1. The van der Waals surface area contributed by atoms with Gasteiger partial charge in [-0.15, -0.1) is 0 Å². The lowest BCUT2D eigenvalue weighted by Crippen LogP contribution is -2.53. The number of rotatable bonds is 10. The van der Waals surface area contributed by atoms with Crippen molar-refractivity contribution < 1.29 is 14.7 Å². The van der Waals surface area contributed by atoms with Gasteiger partial charge in [-0.05, 0) is 48.9 Å². The molecule has 9 nitrogen and oxygen atoms in total. The number of carbonyl (C=O) groups excluding carboxylic acids is 2. The van der Waals surface area contributed by atoms with Gasteiger partial charge in [0.2, 0.25) is 11.8 Å². The van der Waals surface area contributed by atoms with Gasteiger partial charge in [0.05, 0.1) is 18.3 Å². The highest BCUT2D eigenvalue weighted by Gasteiger charge is 2.38. The molecule has 3 rings (SSSR count). The van der Waals surface area contributed by atoms with Crippen LogP contribution in [-0.4, -0.2) is 52.0 Å². The molecule has 1 aliphatic heterocycles. The molecule has 192 valence electrons. The molecule has 2 amide bonds. The van der Waals surface area contributed by atoms with Crippen LogP contribution in [0.4, 0.5) is 0 Å². The summed E-state index contributed by atoms with van der Waals surface area (Å²) in [4.78, 5) is 32.3. The first-order valence-electron chi connectivity index (χ1n) is 12.0. The van der Waals surface area contributed by atoms with Crippen molar-refractivity contribution in [3.63, 3.8) is 0 Å². The van der Waals surface area contributed by atoms with E-state index in [-0.39, 0.29) is 24.3 Å². The Morgan fingerprint density at radius 2 is 2.03 bits per heavy atom. The maximum atomic E-state index is 13.3. The number of nitrogens with zero attached hydrogens (tertiary/aromatic N) is 3. The average molecular weight is 513 g/mol. The maximum absolute atomic E-state index is 13.3. The first kappa shape index (κ1) is 27.3. The fraction of sp³-hybridized carbons (Fsp3) is 0.423. The van der Waals surface area contributed by atoms with Gasteiger partial charge in [0.15, 0.2) is 0 Å². The van der Waals surface area contributed by atoms with E-state index in [2.05, 4.69) is 20.7 Å². The lowest BCUT2D eigenvalue weighted by Gasteiger charge is -2.31. The molecule has 10 heteroatoms. The molecule has 1 saturated heterocycles. The number of halogens is 1. The first-order chi connectivity index (χ1) is 17.3. The summed E-state index contributed by atoms with van der Waals surface area (Å²) in [7, 11) is 0. The van der Waals surface area contributed by atoms with E-state index < -0.39 is 18.1 Å². The van der Waals surface area contributed by atoms with E-state index in [1.165, 1.54) is 0 Å². The normalized spacial score (nSPS) is 17.6. The van der Waals surface area contributed by atoms with E-state index in [1.807, 2.05) is 50.2 Å². The summed E-state index contributed by atoms with van der Waals surface area (Å²) in [6, 6.07) is 9.32. The molecule has 0 bridgehead atoms. The number of benzene rings is 1. The van der Waals surface area contributed by atoms with Gasteiger partial charge in [-0.25, -0.2) is 10.5 Å². The molecule has 1 aromatic carbocycles. The van der Waals surface area contributed by atoms with Crippen molar-refractivity contribution in [1.29, 1.82) is 5.53 Å². The number of hydrogen-bond donors (Lipinski definition) is 4. The van der Waals surface area contributed by atoms with E-state index >= 15 is 0 Å². The van der Waals surface area contributed by atoms with Crippen LogP contribution in [0.2, 0.25) is 5.15 Å². The molecule has 0 unspecified atom stereocenters. The van der Waals surface area contributed by atoms with Crippen LogP contribution < -0.4 is 10.6 Å². The Hall–Kier alpha value is -3.30. The predicted octanol–water partition coefficient (Wildman–Crippen LogP) is 4.05. The minimum Gasteiger partial charge on any atom is -0.394 e. The SMILES string of the molecule is C/C(=C/N[C@H](C(=O)N1CCC[C@H]1C(=O)N[C@@H](CO)c1ccc(-c2cccnc2Cl)cc1)C(C)C)N=N. The lowest BCUT2D eigenvalue weighted by molar-refractivity contribution is -0.141. The second-order valence-electron chi connectivity index (χ2n) is 9.18. The zero-order valence-corrected chi connectivity index (χ0v) is 21.5. The summed E-state index contributed by atoms with van der Waals surface area (Å²) < 4.78 is 0. The lowest BCUT2D eigenvalue weighted by atomic mass is 10.0. The third-order valence-corrected chi connectivity index (χ3v) is 6.60. The number of hydrogen-bond acceptors (Lipinski definition) is 7. The Morgan fingerprint density at radius 1 is 1.31 bits per heavy atom. The molecule has 0 aliphatic carbocycles. The van der Waals surface area contributed by atoms with Crippen LogP contribution in [0.1, 0.15) is 45.2 Å². The smallest absolute Gasteiger partial charge is 0.245 e. The summed E-state index contributed by atoms with van der Waals surface area (Å²) in [5.74, 6) is -0.502. The summed E-state index contributed by atoms with van der Waals surface area (Å²) >= 11 is 6.19. The van der Waals surface area contributed by atoms with Crippen LogP contribution in [-0.2, 0) is 9.59 Å². The fourth-order valence-corrected chi connectivity index (χ4v) is 4.50. The van der Waals surface area contributed by atoms with Gasteiger partial charge in [0, 0.05) is 24.5 Å². The van der Waals surface area contributed by atoms with Crippen molar-refractivity contribution in [2.24, 2.45) is 11.0 Å². The Morgan fingerprint density at radius 3 is 2.64 bits per heavy atom. The van der Waals surface area contributed by atoms with Gasteiger partial charge in [0.25, 0.3) is 0 Å². The van der Waals surface area contributed by atoms with E-state index in [0.29, 0.717) is 23.8 Å². The van der Waals surface area contributed by atoms with Crippen LogP contribution in [0.3, 0.4) is 0 Å². The Balaban J connectivity index is 1.71. The van der Waals surface area contributed by atoms with E-state index in [1.54, 1.807) is 24.2 Å². The molecule has 1 fully saturated rings. The number of aliphatic hydroxyl groups is 1. The minimum atomic E-state index is -0.617. The zero-order chi connectivity index (χ0) is 26.2. The second-order valence-corrected chi connectivity index (χ2v) is 9.54. The minimum absolute atomic E-state index is 0.0337. The third kappa shape index (κ3) is 6.47. The molecular formula is C26H33ClN6O3. The number of likely N-dealkylation sites (tertiary alicyclic amines) is 1. The first-order valence-corrected chi connectivity index (χ1v) is 12.4. The van der Waals surface area contributed by atoms with Crippen molar-refractivity contribution in [3.05, 3.63) is 65.2 Å². The van der Waals surface area contributed by atoms with Gasteiger partial charge in [-0.3, -0.25) is 9.59 Å². The Bertz CT molecular complexity index is 1110. The monoisotopic (exact) mass is 512 g/mol. The molecule has 2 heterocycles. The van der Waals surface area contributed by atoms with Crippen LogP contribution in [0.5, 0.6) is 0 Å². The molecule has 0 radical (unpaired) electrons. The topological polar surface area (TPSA) is 131 Å². The van der Waals surface area contributed by atoms with Crippen molar-refractivity contribution in [2.45, 2.75) is 51.7 Å². The van der Waals surface area contributed by atoms with E-state index in [4.69, 9.17) is 17.1 Å². The predicted molar refractivity (Wildman–Crippen MR) is 138 cm³/mol. The summed E-state index contributed by atoms with van der Waals surface area (Å²) in [5.41, 5.74) is 9.95. The highest BCUT2D eigenvalue weighted by Crippen LogP contribution is 2.27. The number of allylic oxidation sites excluding steroid dienone is 1. The fourth-order valence-electron chi connectivity index (χ4n) is 4.27. The molecule has 0 saturated carbocycles. The standard InChI is InChI=1S/C26H33ClN6O3/c1-16(2)23(30-14-17(3)32-28)26(36)33-13-5-7-22(33)25(35)31-21(15-34)19-10-8-18(9-11-19)20-6-4-12-29-24(20)27/h4,6,8-12,14,16,21-23,28,30,34H,5,7,13,15H2,1-3H3,(H,31,35)/b17-14-,32-28?/t21-,22-,23-/m0/s1. The number of amides is 2. The average Bonchev–Trinajstić information content (AvgIpc) is 3.37. The van der Waals surface area contributed by atoms with Crippen LogP contribution in [0, 0.1) is 11.4 Å². The summed E-state index contributed by atoms with van der Waals surface area (Å²) in [6.45, 7) is 5.71. The second kappa shape index (κ2) is 12.6. The van der Waals surface area contributed by atoms with Crippen molar-refractivity contribution in [2.75, 3.05) is 13.2 Å². The van der Waals surface area contributed by atoms with Crippen molar-refractivity contribution >= 4 is 23.4 Å². The molecule has 4 N–H and O–H groups in total. The molecule has 3 atom stereocenters. The number of aromatic nitrogens is 1. The number of carbonyl (C=O) groups is 2. The van der Waals surface area contributed by atoms with Gasteiger partial charge in [0.1, 0.15) is 17.2 Å². The van der Waals surface area contributed by atoms with E-state index in [0.717, 1.165) is 23.1 Å². The van der Waals surface area contributed by atoms with Crippen LogP contribution in [0.25, 0.3) is 11.1 Å². The maximum Gasteiger partial charge on any atom is 0.245 e. The Kier molecular flexibility index (Phi) is 9.55. The van der Waals surface area contributed by atoms with Crippen LogP contribution >= 0.6 is 11.6 Å². The highest BCUT2D eigenvalue weighted by molar-refractivity contribution is 6.32. The van der Waals surface area contributed by atoms with Crippen LogP contribution in [0.15, 0.2) is 59.6 Å². The molecule has 0 spiro atoms.